The lowest BCUT2D eigenvalue weighted by atomic mass is 10.1. The summed E-state index contributed by atoms with van der Waals surface area (Å²) in [5.41, 5.74) is 1.93. The molecule has 1 aromatic heterocycles. The molecule has 18 heavy (non-hydrogen) atoms. The van der Waals surface area contributed by atoms with E-state index in [4.69, 9.17) is 27.9 Å². The van der Waals surface area contributed by atoms with E-state index in [0.29, 0.717) is 17.6 Å². The predicted octanol–water partition coefficient (Wildman–Crippen LogP) is 4.46. The Morgan fingerprint density at radius 1 is 1.28 bits per heavy atom. The topological polar surface area (TPSA) is 22.1 Å². The second-order valence-electron chi connectivity index (χ2n) is 4.02. The molecule has 0 aliphatic carbocycles. The number of ether oxygens (including phenoxy) is 1. The summed E-state index contributed by atoms with van der Waals surface area (Å²) in [4.78, 5) is 4.40. The van der Waals surface area contributed by atoms with Crippen molar-refractivity contribution in [2.24, 2.45) is 0 Å². The Morgan fingerprint density at radius 2 is 2.11 bits per heavy atom. The predicted molar refractivity (Wildman–Crippen MR) is 77.0 cm³/mol. The number of nitrogens with zero attached hydrogens (tertiary/aromatic N) is 1. The molecule has 0 spiro atoms. The fraction of sp³-hybridized carbons (Fsp3) is 0.357. The normalized spacial score (nSPS) is 10.8. The molecule has 0 saturated heterocycles. The van der Waals surface area contributed by atoms with Crippen molar-refractivity contribution in [2.75, 3.05) is 12.5 Å². The molecular formula is C14H15Cl2NO. The van der Waals surface area contributed by atoms with Gasteiger partial charge in [0.15, 0.2) is 0 Å². The third-order valence-electron chi connectivity index (χ3n) is 2.70. The maximum atomic E-state index is 6.15. The Labute approximate surface area is 117 Å². The smallest absolute Gasteiger partial charge is 0.132 e. The van der Waals surface area contributed by atoms with Crippen molar-refractivity contribution in [1.29, 1.82) is 0 Å². The van der Waals surface area contributed by atoms with Crippen molar-refractivity contribution in [3.8, 4) is 5.75 Å². The van der Waals surface area contributed by atoms with Gasteiger partial charge in [-0.05, 0) is 49.6 Å². The highest BCUT2D eigenvalue weighted by atomic mass is 35.5. The fourth-order valence-corrected chi connectivity index (χ4v) is 2.24. The van der Waals surface area contributed by atoms with Crippen molar-refractivity contribution < 1.29 is 4.74 Å². The summed E-state index contributed by atoms with van der Waals surface area (Å²) < 4.78 is 5.48. The maximum Gasteiger partial charge on any atom is 0.132 e. The van der Waals surface area contributed by atoms with Gasteiger partial charge in [0.2, 0.25) is 0 Å². The molecule has 0 fully saturated rings. The van der Waals surface area contributed by atoms with Gasteiger partial charge in [0.1, 0.15) is 10.9 Å². The second-order valence-corrected chi connectivity index (χ2v) is 4.75. The van der Waals surface area contributed by atoms with E-state index in [1.54, 1.807) is 0 Å². The number of pyridine rings is 1. The number of halogens is 2. The Balaban J connectivity index is 2.39. The van der Waals surface area contributed by atoms with Crippen LogP contribution in [0, 0.1) is 0 Å². The Kier molecular flexibility index (Phi) is 4.67. The van der Waals surface area contributed by atoms with Crippen LogP contribution in [0.3, 0.4) is 0 Å². The molecule has 0 aliphatic heterocycles. The molecular weight excluding hydrogens is 269 g/mol. The minimum Gasteiger partial charge on any atom is -0.494 e. The second kappa shape index (κ2) is 6.26. The monoisotopic (exact) mass is 283 g/mol. The van der Waals surface area contributed by atoms with E-state index in [1.807, 2.05) is 25.1 Å². The Bertz CT molecular complexity index is 543. The molecule has 0 amide bonds. The van der Waals surface area contributed by atoms with Gasteiger partial charge in [0.05, 0.1) is 12.1 Å². The van der Waals surface area contributed by atoms with Gasteiger partial charge >= 0.3 is 0 Å². The summed E-state index contributed by atoms with van der Waals surface area (Å²) in [7, 11) is 0. The minimum absolute atomic E-state index is 0.566. The zero-order valence-corrected chi connectivity index (χ0v) is 11.8. The zero-order chi connectivity index (χ0) is 13.0. The molecule has 0 atom stereocenters. The van der Waals surface area contributed by atoms with Crippen LogP contribution in [0.15, 0.2) is 24.3 Å². The number of hydrogen-bond acceptors (Lipinski definition) is 2. The third-order valence-corrected chi connectivity index (χ3v) is 3.30. The van der Waals surface area contributed by atoms with Crippen molar-refractivity contribution in [2.45, 2.75) is 19.8 Å². The molecule has 1 heterocycles. The summed E-state index contributed by atoms with van der Waals surface area (Å²) in [6.07, 6.45) is 1.75. The van der Waals surface area contributed by atoms with Crippen molar-refractivity contribution >= 4 is 34.1 Å². The highest BCUT2D eigenvalue weighted by molar-refractivity contribution is 6.30. The zero-order valence-electron chi connectivity index (χ0n) is 10.2. The van der Waals surface area contributed by atoms with E-state index in [-0.39, 0.29) is 0 Å². The fourth-order valence-electron chi connectivity index (χ4n) is 1.86. The summed E-state index contributed by atoms with van der Waals surface area (Å²) in [5.74, 6) is 1.49. The molecule has 96 valence electrons. The molecule has 1 aromatic carbocycles. The van der Waals surface area contributed by atoms with Gasteiger partial charge < -0.3 is 4.74 Å². The van der Waals surface area contributed by atoms with Crippen LogP contribution in [0.1, 0.15) is 18.9 Å². The van der Waals surface area contributed by atoms with Gasteiger partial charge in [-0.25, -0.2) is 4.98 Å². The molecule has 4 heteroatoms. The van der Waals surface area contributed by atoms with Gasteiger partial charge in [-0.3, -0.25) is 0 Å². The molecule has 0 N–H and O–H groups in total. The number of alkyl halides is 1. The van der Waals surface area contributed by atoms with Crippen LogP contribution in [0.25, 0.3) is 10.9 Å². The van der Waals surface area contributed by atoms with Crippen LogP contribution in [0.2, 0.25) is 5.15 Å². The largest absolute Gasteiger partial charge is 0.494 e. The number of aromatic nitrogens is 1. The van der Waals surface area contributed by atoms with Crippen LogP contribution in [-0.2, 0) is 6.42 Å². The maximum absolute atomic E-state index is 6.15. The summed E-state index contributed by atoms with van der Waals surface area (Å²) in [6, 6.07) is 7.90. The first kappa shape index (κ1) is 13.4. The van der Waals surface area contributed by atoms with E-state index in [0.717, 1.165) is 35.1 Å². The quantitative estimate of drug-likeness (QED) is 0.597. The molecule has 0 radical (unpaired) electrons. The highest BCUT2D eigenvalue weighted by Crippen LogP contribution is 2.25. The lowest BCUT2D eigenvalue weighted by Gasteiger charge is -2.07. The van der Waals surface area contributed by atoms with Crippen LogP contribution in [-0.4, -0.2) is 17.5 Å². The van der Waals surface area contributed by atoms with Crippen LogP contribution in [0.4, 0.5) is 0 Å². The van der Waals surface area contributed by atoms with Crippen molar-refractivity contribution in [1.82, 2.24) is 4.98 Å². The van der Waals surface area contributed by atoms with Crippen LogP contribution >= 0.6 is 23.2 Å². The van der Waals surface area contributed by atoms with Crippen molar-refractivity contribution in [3.05, 3.63) is 35.0 Å². The van der Waals surface area contributed by atoms with Gasteiger partial charge in [-0.2, -0.15) is 0 Å². The average Bonchev–Trinajstić information content (AvgIpc) is 2.37. The first-order valence-electron chi connectivity index (χ1n) is 6.02. The number of rotatable bonds is 5. The van der Waals surface area contributed by atoms with Gasteiger partial charge in [0.25, 0.3) is 0 Å². The number of fused-ring (bicyclic) bond motifs is 1. The summed E-state index contributed by atoms with van der Waals surface area (Å²) >= 11 is 11.9. The van der Waals surface area contributed by atoms with E-state index in [1.165, 1.54) is 0 Å². The Hall–Kier alpha value is -0.990. The molecule has 2 nitrogen and oxygen atoms in total. The highest BCUT2D eigenvalue weighted by Gasteiger charge is 2.06. The van der Waals surface area contributed by atoms with E-state index >= 15 is 0 Å². The number of benzene rings is 1. The SMILES string of the molecule is CCOc1ccc2nc(Cl)c(CCCCl)cc2c1. The van der Waals surface area contributed by atoms with Crippen molar-refractivity contribution in [3.63, 3.8) is 0 Å². The summed E-state index contributed by atoms with van der Waals surface area (Å²) in [6.45, 7) is 2.63. The lowest BCUT2D eigenvalue weighted by molar-refractivity contribution is 0.340. The van der Waals surface area contributed by atoms with Gasteiger partial charge in [-0.15, -0.1) is 11.6 Å². The molecule has 0 unspecified atom stereocenters. The first-order valence-corrected chi connectivity index (χ1v) is 6.93. The van der Waals surface area contributed by atoms with E-state index in [2.05, 4.69) is 11.1 Å². The molecule has 0 aliphatic rings. The molecule has 0 bridgehead atoms. The lowest BCUT2D eigenvalue weighted by Crippen LogP contribution is -1.94. The number of hydrogen-bond donors (Lipinski definition) is 0. The third kappa shape index (κ3) is 3.06. The first-order chi connectivity index (χ1) is 8.74. The molecule has 2 aromatic rings. The average molecular weight is 284 g/mol. The number of aryl methyl sites for hydroxylation is 1. The van der Waals surface area contributed by atoms with Crippen LogP contribution < -0.4 is 4.74 Å². The molecule has 0 saturated carbocycles. The minimum atomic E-state index is 0.566. The van der Waals surface area contributed by atoms with E-state index in [9.17, 15) is 0 Å². The summed E-state index contributed by atoms with van der Waals surface area (Å²) in [5, 5.41) is 1.62. The van der Waals surface area contributed by atoms with E-state index < -0.39 is 0 Å². The van der Waals surface area contributed by atoms with Gasteiger partial charge in [-0.1, -0.05) is 11.6 Å². The van der Waals surface area contributed by atoms with Gasteiger partial charge in [0, 0.05) is 11.3 Å². The standard InChI is InChI=1S/C14H15Cl2NO/c1-2-18-12-5-6-13-11(9-12)8-10(4-3-7-15)14(16)17-13/h5-6,8-9H,2-4,7H2,1H3. The van der Waals surface area contributed by atoms with Crippen LogP contribution in [0.5, 0.6) is 5.75 Å². The molecule has 2 rings (SSSR count). The Morgan fingerprint density at radius 3 is 2.83 bits per heavy atom.